The van der Waals surface area contributed by atoms with E-state index < -0.39 is 5.60 Å². The minimum absolute atomic E-state index is 0.00548. The molecule has 0 aliphatic carbocycles. The number of halogens is 1. The Kier molecular flexibility index (Phi) is 6.88. The minimum atomic E-state index is -0.504. The molecule has 0 spiro atoms. The molecule has 0 unspecified atom stereocenters. The topological polar surface area (TPSA) is 74.8 Å². The molecule has 0 atom stereocenters. The standard InChI is InChI=1S/C21H31ClN4O3/c1-21(2,3)29-20(28)24-16-7-11-25(12-8-16)18-17(22)13-15(14-23-18)19(27)26-9-5-4-6-10-26/h13-14,16H,4-12H2,1-3H3,(H,24,28). The van der Waals surface area contributed by atoms with Crippen molar-refractivity contribution in [3.63, 3.8) is 0 Å². The van der Waals surface area contributed by atoms with Crippen molar-refractivity contribution in [2.75, 3.05) is 31.1 Å². The quantitative estimate of drug-likeness (QED) is 0.800. The van der Waals surface area contributed by atoms with E-state index in [1.54, 1.807) is 12.3 Å². The SMILES string of the molecule is CC(C)(C)OC(=O)NC1CCN(c2ncc(C(=O)N3CCCCC3)cc2Cl)CC1. The number of alkyl carbamates (subject to hydrolysis) is 1. The maximum absolute atomic E-state index is 12.6. The molecule has 2 saturated heterocycles. The lowest BCUT2D eigenvalue weighted by Gasteiger charge is -2.34. The van der Waals surface area contributed by atoms with Gasteiger partial charge in [0.05, 0.1) is 10.6 Å². The van der Waals surface area contributed by atoms with Crippen molar-refractivity contribution in [2.45, 2.75) is 64.5 Å². The number of anilines is 1. The zero-order valence-electron chi connectivity index (χ0n) is 17.5. The maximum atomic E-state index is 12.6. The number of piperidine rings is 2. The predicted octanol–water partition coefficient (Wildman–Crippen LogP) is 3.85. The molecule has 2 aliphatic heterocycles. The summed E-state index contributed by atoms with van der Waals surface area (Å²) in [5, 5.41) is 3.42. The predicted molar refractivity (Wildman–Crippen MR) is 114 cm³/mol. The van der Waals surface area contributed by atoms with Gasteiger partial charge in [-0.3, -0.25) is 4.79 Å². The molecule has 1 aromatic heterocycles. The molecule has 2 aliphatic rings. The van der Waals surface area contributed by atoms with Crippen LogP contribution in [0.4, 0.5) is 10.6 Å². The number of hydrogen-bond acceptors (Lipinski definition) is 5. The Morgan fingerprint density at radius 2 is 1.79 bits per heavy atom. The zero-order valence-corrected chi connectivity index (χ0v) is 18.3. The number of likely N-dealkylation sites (tertiary alicyclic amines) is 1. The van der Waals surface area contributed by atoms with Crippen molar-refractivity contribution in [1.82, 2.24) is 15.2 Å². The summed E-state index contributed by atoms with van der Waals surface area (Å²) in [6, 6.07) is 1.80. The smallest absolute Gasteiger partial charge is 0.407 e. The number of carbonyl (C=O) groups is 2. The van der Waals surface area contributed by atoms with Gasteiger partial charge < -0.3 is 19.9 Å². The van der Waals surface area contributed by atoms with Gasteiger partial charge in [-0.2, -0.15) is 0 Å². The summed E-state index contributed by atoms with van der Waals surface area (Å²) in [5.74, 6) is 0.698. The van der Waals surface area contributed by atoms with Gasteiger partial charge in [-0.15, -0.1) is 0 Å². The lowest BCUT2D eigenvalue weighted by Crippen LogP contribution is -2.46. The number of rotatable bonds is 3. The molecule has 1 aromatic rings. The zero-order chi connectivity index (χ0) is 21.0. The molecule has 2 amide bonds. The molecule has 0 saturated carbocycles. The van der Waals surface area contributed by atoms with Gasteiger partial charge in [0.2, 0.25) is 0 Å². The Bertz CT molecular complexity index is 736. The van der Waals surface area contributed by atoms with Crippen LogP contribution in [0.25, 0.3) is 0 Å². The molecule has 8 heteroatoms. The molecule has 3 rings (SSSR count). The highest BCUT2D eigenvalue weighted by atomic mass is 35.5. The molecule has 3 heterocycles. The Morgan fingerprint density at radius 3 is 2.38 bits per heavy atom. The summed E-state index contributed by atoms with van der Waals surface area (Å²) >= 11 is 6.47. The van der Waals surface area contributed by atoms with Gasteiger partial charge in [0.1, 0.15) is 11.4 Å². The van der Waals surface area contributed by atoms with E-state index in [0.717, 1.165) is 51.9 Å². The largest absolute Gasteiger partial charge is 0.444 e. The minimum Gasteiger partial charge on any atom is -0.444 e. The fourth-order valence-electron chi connectivity index (χ4n) is 3.77. The lowest BCUT2D eigenvalue weighted by atomic mass is 10.1. The van der Waals surface area contributed by atoms with Crippen LogP contribution in [0.2, 0.25) is 5.02 Å². The highest BCUT2D eigenvalue weighted by Crippen LogP contribution is 2.27. The molecule has 0 bridgehead atoms. The number of ether oxygens (including phenoxy) is 1. The van der Waals surface area contributed by atoms with Crippen molar-refractivity contribution in [2.24, 2.45) is 0 Å². The second-order valence-corrected chi connectivity index (χ2v) is 9.20. The van der Waals surface area contributed by atoms with Gasteiger partial charge in [-0.05, 0) is 58.9 Å². The third kappa shape index (κ3) is 5.98. The molecule has 160 valence electrons. The first-order chi connectivity index (χ1) is 13.7. The van der Waals surface area contributed by atoms with Crippen LogP contribution in [0.5, 0.6) is 0 Å². The van der Waals surface area contributed by atoms with Crippen molar-refractivity contribution >= 4 is 29.4 Å². The van der Waals surface area contributed by atoms with E-state index in [1.807, 2.05) is 25.7 Å². The van der Waals surface area contributed by atoms with E-state index in [0.29, 0.717) is 16.4 Å². The van der Waals surface area contributed by atoms with Gasteiger partial charge in [-0.25, -0.2) is 9.78 Å². The van der Waals surface area contributed by atoms with Crippen LogP contribution in [-0.2, 0) is 4.74 Å². The number of hydrogen-bond donors (Lipinski definition) is 1. The van der Waals surface area contributed by atoms with Crippen LogP contribution in [0.15, 0.2) is 12.3 Å². The van der Waals surface area contributed by atoms with Crippen LogP contribution in [0, 0.1) is 0 Å². The molecule has 1 N–H and O–H groups in total. The van der Waals surface area contributed by atoms with E-state index in [1.165, 1.54) is 6.42 Å². The summed E-state index contributed by atoms with van der Waals surface area (Å²) in [4.78, 5) is 33.1. The monoisotopic (exact) mass is 422 g/mol. The Balaban J connectivity index is 1.55. The number of nitrogens with zero attached hydrogens (tertiary/aromatic N) is 3. The molecule has 2 fully saturated rings. The average Bonchev–Trinajstić information content (AvgIpc) is 2.67. The normalized spacial score (nSPS) is 18.5. The fraction of sp³-hybridized carbons (Fsp3) is 0.667. The van der Waals surface area contributed by atoms with Crippen LogP contribution >= 0.6 is 11.6 Å². The van der Waals surface area contributed by atoms with E-state index in [9.17, 15) is 9.59 Å². The molecule has 0 radical (unpaired) electrons. The van der Waals surface area contributed by atoms with Crippen molar-refractivity contribution < 1.29 is 14.3 Å². The molecule has 0 aromatic carbocycles. The van der Waals surface area contributed by atoms with Crippen molar-refractivity contribution in [3.05, 3.63) is 22.8 Å². The third-order valence-corrected chi connectivity index (χ3v) is 5.51. The first kappa shape index (κ1) is 21.7. The van der Waals surface area contributed by atoms with Crippen LogP contribution in [0.1, 0.15) is 63.2 Å². The van der Waals surface area contributed by atoms with Crippen molar-refractivity contribution in [1.29, 1.82) is 0 Å². The number of pyridine rings is 1. The first-order valence-corrected chi connectivity index (χ1v) is 10.8. The van der Waals surface area contributed by atoms with Crippen molar-refractivity contribution in [3.8, 4) is 0 Å². The van der Waals surface area contributed by atoms with Gasteiger partial charge in [0.25, 0.3) is 5.91 Å². The lowest BCUT2D eigenvalue weighted by molar-refractivity contribution is 0.0497. The van der Waals surface area contributed by atoms with Crippen LogP contribution in [0.3, 0.4) is 0 Å². The van der Waals surface area contributed by atoms with Gasteiger partial charge in [0.15, 0.2) is 0 Å². The molecule has 29 heavy (non-hydrogen) atoms. The fourth-order valence-corrected chi connectivity index (χ4v) is 4.06. The number of nitrogens with one attached hydrogen (secondary N) is 1. The third-order valence-electron chi connectivity index (χ3n) is 5.23. The first-order valence-electron chi connectivity index (χ1n) is 10.4. The van der Waals surface area contributed by atoms with E-state index >= 15 is 0 Å². The second-order valence-electron chi connectivity index (χ2n) is 8.79. The summed E-state index contributed by atoms with van der Waals surface area (Å²) in [7, 11) is 0. The summed E-state index contributed by atoms with van der Waals surface area (Å²) in [5.41, 5.74) is 0.0393. The molecule has 7 nitrogen and oxygen atoms in total. The Hall–Kier alpha value is -2.02. The average molecular weight is 423 g/mol. The second kappa shape index (κ2) is 9.20. The molecular weight excluding hydrogens is 392 g/mol. The van der Waals surface area contributed by atoms with Gasteiger partial charge in [-0.1, -0.05) is 11.6 Å². The number of aromatic nitrogens is 1. The van der Waals surface area contributed by atoms with Gasteiger partial charge >= 0.3 is 6.09 Å². The van der Waals surface area contributed by atoms with Gasteiger partial charge in [0, 0.05) is 38.4 Å². The van der Waals surface area contributed by atoms with Crippen LogP contribution < -0.4 is 10.2 Å². The van der Waals surface area contributed by atoms with Crippen LogP contribution in [-0.4, -0.2) is 59.7 Å². The Morgan fingerprint density at radius 1 is 1.14 bits per heavy atom. The summed E-state index contributed by atoms with van der Waals surface area (Å²) in [6.07, 6.45) is 6.10. The Labute approximate surface area is 177 Å². The number of carbonyl (C=O) groups excluding carboxylic acids is 2. The molecular formula is C21H31ClN4O3. The maximum Gasteiger partial charge on any atom is 0.407 e. The highest BCUT2D eigenvalue weighted by Gasteiger charge is 2.26. The summed E-state index contributed by atoms with van der Waals surface area (Å²) in [6.45, 7) is 8.61. The summed E-state index contributed by atoms with van der Waals surface area (Å²) < 4.78 is 5.32. The number of amides is 2. The van der Waals surface area contributed by atoms with E-state index in [-0.39, 0.29) is 18.0 Å². The van der Waals surface area contributed by atoms with E-state index in [2.05, 4.69) is 15.2 Å². The van der Waals surface area contributed by atoms with E-state index in [4.69, 9.17) is 16.3 Å². The highest BCUT2D eigenvalue weighted by molar-refractivity contribution is 6.33.